The molecule has 0 amide bonds. The topological polar surface area (TPSA) is 34.1 Å². The van der Waals surface area contributed by atoms with Crippen LogP contribution in [-0.2, 0) is 9.84 Å². The number of allylic oxidation sites excluding steroid dienone is 1. The summed E-state index contributed by atoms with van der Waals surface area (Å²) in [6.07, 6.45) is 6.65. The van der Waals surface area contributed by atoms with Gasteiger partial charge in [-0.05, 0) is 36.8 Å². The molecule has 0 heterocycles. The summed E-state index contributed by atoms with van der Waals surface area (Å²) in [5.41, 5.74) is 0.609. The van der Waals surface area contributed by atoms with Crippen LogP contribution in [0.15, 0.2) is 40.8 Å². The lowest BCUT2D eigenvalue weighted by atomic mass is 10.3. The van der Waals surface area contributed by atoms with Gasteiger partial charge in [0.25, 0.3) is 0 Å². The van der Waals surface area contributed by atoms with Crippen molar-refractivity contribution in [2.24, 2.45) is 0 Å². The fraction of sp³-hybridized carbons (Fsp3) is 0.167. The van der Waals surface area contributed by atoms with Crippen LogP contribution in [-0.4, -0.2) is 14.2 Å². The average Bonchev–Trinajstić information content (AvgIpc) is 2.26. The maximum Gasteiger partial charge on any atom is 0.181 e. The molecule has 0 spiro atoms. The second-order valence-corrected chi connectivity index (χ2v) is 5.74. The van der Waals surface area contributed by atoms with E-state index in [0.717, 1.165) is 0 Å². The number of benzene rings is 1. The highest BCUT2D eigenvalue weighted by Gasteiger charge is 2.12. The Balaban J connectivity index is 2.96. The van der Waals surface area contributed by atoms with Crippen molar-refractivity contribution in [3.63, 3.8) is 0 Å². The zero-order chi connectivity index (χ0) is 12.2. The van der Waals surface area contributed by atoms with Gasteiger partial charge in [-0.25, -0.2) is 8.42 Å². The molecule has 0 bridgehead atoms. The molecule has 0 unspecified atom stereocenters. The third kappa shape index (κ3) is 3.41. The van der Waals surface area contributed by atoms with Gasteiger partial charge < -0.3 is 0 Å². The molecule has 0 aliphatic carbocycles. The summed E-state index contributed by atoms with van der Waals surface area (Å²) in [6, 6.07) is 6.06. The Morgan fingerprint density at radius 2 is 2.00 bits per heavy atom. The molecule has 1 rings (SSSR count). The molecule has 1 aromatic carbocycles. The van der Waals surface area contributed by atoms with Gasteiger partial charge in [0.2, 0.25) is 0 Å². The van der Waals surface area contributed by atoms with Crippen LogP contribution in [0.5, 0.6) is 0 Å². The van der Waals surface area contributed by atoms with Crippen LogP contribution in [0, 0.1) is 12.3 Å². The minimum absolute atomic E-state index is 0.0926. The highest BCUT2D eigenvalue weighted by molar-refractivity contribution is 7.91. The van der Waals surface area contributed by atoms with Crippen molar-refractivity contribution in [2.45, 2.75) is 11.8 Å². The summed E-state index contributed by atoms with van der Waals surface area (Å²) in [4.78, 5) is 0.248. The molecule has 0 atom stereocenters. The zero-order valence-electron chi connectivity index (χ0n) is 8.77. The lowest BCUT2D eigenvalue weighted by molar-refractivity contribution is 0.599. The highest BCUT2D eigenvalue weighted by Crippen LogP contribution is 2.15. The summed E-state index contributed by atoms with van der Waals surface area (Å²) in [5.74, 6) is 2.28. The van der Waals surface area contributed by atoms with Crippen molar-refractivity contribution in [3.8, 4) is 12.3 Å². The third-order valence-corrected chi connectivity index (χ3v) is 3.86. The first kappa shape index (κ1) is 12.8. The van der Waals surface area contributed by atoms with Crippen molar-refractivity contribution < 1.29 is 8.42 Å². The van der Waals surface area contributed by atoms with Crippen molar-refractivity contribution in [1.82, 2.24) is 0 Å². The SMILES string of the molecule is C#C/C(C)=C/CS(=O)(=O)c1ccc(Cl)cc1. The summed E-state index contributed by atoms with van der Waals surface area (Å²) in [5, 5.41) is 0.509. The van der Waals surface area contributed by atoms with E-state index in [1.165, 1.54) is 18.2 Å². The Bertz CT molecular complexity index is 533. The smallest absolute Gasteiger partial charge is 0.181 e. The Labute approximate surface area is 101 Å². The molecule has 4 heteroatoms. The van der Waals surface area contributed by atoms with Gasteiger partial charge in [0.15, 0.2) is 9.84 Å². The number of sulfone groups is 1. The van der Waals surface area contributed by atoms with E-state index in [-0.39, 0.29) is 10.6 Å². The maximum atomic E-state index is 11.8. The van der Waals surface area contributed by atoms with E-state index in [0.29, 0.717) is 10.6 Å². The molecule has 84 valence electrons. The third-order valence-electron chi connectivity index (χ3n) is 2.01. The molecule has 0 fully saturated rings. The lowest BCUT2D eigenvalue weighted by Gasteiger charge is -2.01. The molecule has 0 N–H and O–H groups in total. The summed E-state index contributed by atoms with van der Waals surface area (Å²) < 4.78 is 23.6. The maximum absolute atomic E-state index is 11.8. The summed E-state index contributed by atoms with van der Waals surface area (Å²) in [7, 11) is -3.31. The predicted molar refractivity (Wildman–Crippen MR) is 66.1 cm³/mol. The molecule has 0 aromatic heterocycles. The predicted octanol–water partition coefficient (Wildman–Crippen LogP) is 2.69. The van der Waals surface area contributed by atoms with E-state index < -0.39 is 9.84 Å². The van der Waals surface area contributed by atoms with E-state index in [4.69, 9.17) is 18.0 Å². The van der Waals surface area contributed by atoms with E-state index in [9.17, 15) is 8.42 Å². The van der Waals surface area contributed by atoms with E-state index in [1.807, 2.05) is 0 Å². The van der Waals surface area contributed by atoms with Crippen molar-refractivity contribution in [1.29, 1.82) is 0 Å². The second-order valence-electron chi connectivity index (χ2n) is 3.27. The van der Waals surface area contributed by atoms with Gasteiger partial charge in [0, 0.05) is 5.02 Å². The van der Waals surface area contributed by atoms with Crippen LogP contribution in [0.2, 0.25) is 5.02 Å². The molecular formula is C12H11ClO2S. The van der Waals surface area contributed by atoms with Crippen LogP contribution in [0.3, 0.4) is 0 Å². The number of rotatable bonds is 3. The highest BCUT2D eigenvalue weighted by atomic mass is 35.5. The summed E-state index contributed by atoms with van der Waals surface area (Å²) in [6.45, 7) is 1.69. The zero-order valence-corrected chi connectivity index (χ0v) is 10.3. The molecule has 0 radical (unpaired) electrons. The fourth-order valence-electron chi connectivity index (χ4n) is 1.03. The van der Waals surface area contributed by atoms with Crippen molar-refractivity contribution in [2.75, 3.05) is 5.75 Å². The first-order valence-electron chi connectivity index (χ1n) is 4.57. The number of hydrogen-bond donors (Lipinski definition) is 0. The van der Waals surface area contributed by atoms with E-state index in [2.05, 4.69) is 5.92 Å². The molecule has 0 aliphatic heterocycles. The van der Waals surface area contributed by atoms with Gasteiger partial charge in [0.1, 0.15) is 0 Å². The van der Waals surface area contributed by atoms with Crippen LogP contribution in [0.1, 0.15) is 6.92 Å². The van der Waals surface area contributed by atoms with Gasteiger partial charge in [0.05, 0.1) is 10.6 Å². The Hall–Kier alpha value is -1.24. The van der Waals surface area contributed by atoms with Gasteiger partial charge >= 0.3 is 0 Å². The normalized spacial score (nSPS) is 12.2. The minimum Gasteiger partial charge on any atom is -0.223 e. The number of halogens is 1. The molecule has 0 aliphatic rings. The van der Waals surface area contributed by atoms with Gasteiger partial charge in [-0.1, -0.05) is 23.6 Å². The van der Waals surface area contributed by atoms with Crippen LogP contribution >= 0.6 is 11.6 Å². The first-order valence-corrected chi connectivity index (χ1v) is 6.60. The Kier molecular flexibility index (Phi) is 4.17. The summed E-state index contributed by atoms with van der Waals surface area (Å²) >= 11 is 5.68. The monoisotopic (exact) mass is 254 g/mol. The van der Waals surface area contributed by atoms with Crippen molar-refractivity contribution in [3.05, 3.63) is 40.9 Å². The first-order chi connectivity index (χ1) is 7.45. The second kappa shape index (κ2) is 5.20. The van der Waals surface area contributed by atoms with Crippen molar-refractivity contribution >= 4 is 21.4 Å². The minimum atomic E-state index is -3.31. The van der Waals surface area contributed by atoms with Gasteiger partial charge in [-0.2, -0.15) is 0 Å². The molecule has 0 saturated carbocycles. The molecule has 1 aromatic rings. The average molecular weight is 255 g/mol. The molecule has 16 heavy (non-hydrogen) atoms. The van der Waals surface area contributed by atoms with E-state index in [1.54, 1.807) is 19.1 Å². The number of hydrogen-bond acceptors (Lipinski definition) is 2. The fourth-order valence-corrected chi connectivity index (χ4v) is 2.37. The van der Waals surface area contributed by atoms with Crippen LogP contribution in [0.25, 0.3) is 0 Å². The standard InChI is InChI=1S/C12H11ClO2S/c1-3-10(2)8-9-16(14,15)12-6-4-11(13)5-7-12/h1,4-8H,9H2,2H3/b10-8+. The van der Waals surface area contributed by atoms with E-state index >= 15 is 0 Å². The lowest BCUT2D eigenvalue weighted by Crippen LogP contribution is -2.04. The van der Waals surface area contributed by atoms with Crippen LogP contribution in [0.4, 0.5) is 0 Å². The largest absolute Gasteiger partial charge is 0.223 e. The van der Waals surface area contributed by atoms with Gasteiger partial charge in [-0.3, -0.25) is 0 Å². The Morgan fingerprint density at radius 1 is 1.44 bits per heavy atom. The quantitative estimate of drug-likeness (QED) is 0.778. The molecular weight excluding hydrogens is 244 g/mol. The Morgan fingerprint density at radius 3 is 2.50 bits per heavy atom. The van der Waals surface area contributed by atoms with Crippen LogP contribution < -0.4 is 0 Å². The number of terminal acetylenes is 1. The molecule has 2 nitrogen and oxygen atoms in total. The molecule has 0 saturated heterocycles. The van der Waals surface area contributed by atoms with Gasteiger partial charge in [-0.15, -0.1) is 6.42 Å².